The molecule has 0 aromatic carbocycles. The Morgan fingerprint density at radius 1 is 1.44 bits per heavy atom. The predicted octanol–water partition coefficient (Wildman–Crippen LogP) is 1.08. The maximum absolute atomic E-state index is 5.08. The number of ether oxygens (including phenoxy) is 1. The molecule has 2 aromatic rings. The van der Waals surface area contributed by atoms with Crippen LogP contribution in [-0.2, 0) is 17.9 Å². The second kappa shape index (κ2) is 4.44. The average molecular weight is 222 g/mol. The summed E-state index contributed by atoms with van der Waals surface area (Å²) in [6, 6.07) is 2.01. The largest absolute Gasteiger partial charge is 0.377 e. The highest BCUT2D eigenvalue weighted by Crippen LogP contribution is 2.06. The van der Waals surface area contributed by atoms with Crippen molar-refractivity contribution in [3.05, 3.63) is 29.2 Å². The van der Waals surface area contributed by atoms with E-state index in [0.29, 0.717) is 24.9 Å². The third-order valence-corrected chi connectivity index (χ3v) is 2.17. The monoisotopic (exact) mass is 222 g/mol. The van der Waals surface area contributed by atoms with E-state index in [4.69, 9.17) is 9.26 Å². The number of hydrogen-bond acceptors (Lipinski definition) is 5. The van der Waals surface area contributed by atoms with Gasteiger partial charge in [-0.2, -0.15) is 10.1 Å². The van der Waals surface area contributed by atoms with Crippen LogP contribution in [0.25, 0.3) is 0 Å². The zero-order chi connectivity index (χ0) is 11.5. The number of rotatable bonds is 4. The molecule has 0 spiro atoms. The molecule has 0 amide bonds. The van der Waals surface area contributed by atoms with Crippen LogP contribution < -0.4 is 0 Å². The van der Waals surface area contributed by atoms with Gasteiger partial charge in [0.15, 0.2) is 5.82 Å². The van der Waals surface area contributed by atoms with Gasteiger partial charge >= 0.3 is 0 Å². The molecule has 0 unspecified atom stereocenters. The van der Waals surface area contributed by atoms with Crippen LogP contribution in [0, 0.1) is 13.8 Å². The molecule has 86 valence electrons. The minimum atomic E-state index is 0.362. The van der Waals surface area contributed by atoms with E-state index >= 15 is 0 Å². The zero-order valence-electron chi connectivity index (χ0n) is 9.60. The van der Waals surface area contributed by atoms with Crippen molar-refractivity contribution in [2.75, 3.05) is 7.11 Å². The molecule has 6 heteroatoms. The third kappa shape index (κ3) is 2.27. The van der Waals surface area contributed by atoms with Gasteiger partial charge in [0.1, 0.15) is 13.2 Å². The summed E-state index contributed by atoms with van der Waals surface area (Å²) in [7, 11) is 1.59. The molecule has 0 aliphatic rings. The zero-order valence-corrected chi connectivity index (χ0v) is 9.60. The number of aryl methyl sites for hydroxylation is 2. The van der Waals surface area contributed by atoms with E-state index in [1.165, 1.54) is 0 Å². The summed E-state index contributed by atoms with van der Waals surface area (Å²) in [5.74, 6) is 1.09. The molecule has 6 nitrogen and oxygen atoms in total. The second-order valence-electron chi connectivity index (χ2n) is 3.62. The number of methoxy groups -OCH3 is 1. The molecule has 0 radical (unpaired) electrons. The molecule has 0 saturated carbocycles. The van der Waals surface area contributed by atoms with Gasteiger partial charge in [-0.15, -0.1) is 0 Å². The molecular weight excluding hydrogens is 208 g/mol. The van der Waals surface area contributed by atoms with Crippen LogP contribution in [0.1, 0.15) is 23.1 Å². The van der Waals surface area contributed by atoms with Gasteiger partial charge in [-0.3, -0.25) is 4.68 Å². The molecule has 2 heterocycles. The Kier molecular flexibility index (Phi) is 3.00. The normalized spacial score (nSPS) is 10.9. The van der Waals surface area contributed by atoms with Gasteiger partial charge in [-0.25, -0.2) is 0 Å². The standard InChI is InChI=1S/C10H14N4O2/c1-7-4-8(2)14(12-7)5-10-11-9(6-15-3)13-16-10/h4H,5-6H2,1-3H3. The van der Waals surface area contributed by atoms with Crippen molar-refractivity contribution in [1.82, 2.24) is 19.9 Å². The van der Waals surface area contributed by atoms with Crippen molar-refractivity contribution in [2.45, 2.75) is 27.0 Å². The van der Waals surface area contributed by atoms with Crippen molar-refractivity contribution in [2.24, 2.45) is 0 Å². The first kappa shape index (κ1) is 10.8. The van der Waals surface area contributed by atoms with Crippen LogP contribution >= 0.6 is 0 Å². The first-order valence-corrected chi connectivity index (χ1v) is 5.00. The lowest BCUT2D eigenvalue weighted by molar-refractivity contribution is 0.174. The Morgan fingerprint density at radius 3 is 2.88 bits per heavy atom. The Labute approximate surface area is 93.2 Å². The topological polar surface area (TPSA) is 66.0 Å². The van der Waals surface area contributed by atoms with Gasteiger partial charge in [-0.05, 0) is 19.9 Å². The Bertz CT molecular complexity index is 475. The summed E-state index contributed by atoms with van der Waals surface area (Å²) in [6.07, 6.45) is 0. The molecule has 0 aliphatic heterocycles. The molecule has 0 N–H and O–H groups in total. The fourth-order valence-corrected chi connectivity index (χ4v) is 1.51. The number of aromatic nitrogens is 4. The molecular formula is C10H14N4O2. The molecule has 0 atom stereocenters. The first-order valence-electron chi connectivity index (χ1n) is 5.00. The Hall–Kier alpha value is -1.69. The maximum Gasteiger partial charge on any atom is 0.248 e. The van der Waals surface area contributed by atoms with Gasteiger partial charge in [-0.1, -0.05) is 5.16 Å². The van der Waals surface area contributed by atoms with Crippen LogP contribution in [0.4, 0.5) is 0 Å². The van der Waals surface area contributed by atoms with Crippen LogP contribution in [0.2, 0.25) is 0 Å². The summed E-state index contributed by atoms with van der Waals surface area (Å²) >= 11 is 0. The van der Waals surface area contributed by atoms with E-state index in [0.717, 1.165) is 11.4 Å². The highest BCUT2D eigenvalue weighted by molar-refractivity contribution is 5.07. The van der Waals surface area contributed by atoms with Crippen molar-refractivity contribution >= 4 is 0 Å². The molecule has 0 saturated heterocycles. The van der Waals surface area contributed by atoms with Crippen LogP contribution in [0.5, 0.6) is 0 Å². The molecule has 2 rings (SSSR count). The van der Waals surface area contributed by atoms with Crippen molar-refractivity contribution in [1.29, 1.82) is 0 Å². The van der Waals surface area contributed by atoms with Gasteiger partial charge in [0.25, 0.3) is 0 Å². The summed E-state index contributed by atoms with van der Waals surface area (Å²) in [6.45, 7) is 4.80. The molecule has 0 fully saturated rings. The van der Waals surface area contributed by atoms with E-state index in [2.05, 4.69) is 15.2 Å². The lowest BCUT2D eigenvalue weighted by Gasteiger charge is -1.98. The molecule has 16 heavy (non-hydrogen) atoms. The van der Waals surface area contributed by atoms with Gasteiger partial charge in [0, 0.05) is 12.8 Å². The number of hydrogen-bond donors (Lipinski definition) is 0. The Balaban J connectivity index is 2.11. The highest BCUT2D eigenvalue weighted by atomic mass is 16.5. The van der Waals surface area contributed by atoms with E-state index in [1.807, 2.05) is 24.6 Å². The maximum atomic E-state index is 5.08. The van der Waals surface area contributed by atoms with Gasteiger partial charge < -0.3 is 9.26 Å². The average Bonchev–Trinajstić information content (AvgIpc) is 2.76. The van der Waals surface area contributed by atoms with Gasteiger partial charge in [0.2, 0.25) is 5.89 Å². The minimum Gasteiger partial charge on any atom is -0.377 e. The lowest BCUT2D eigenvalue weighted by atomic mass is 10.4. The summed E-state index contributed by atoms with van der Waals surface area (Å²) in [4.78, 5) is 4.18. The van der Waals surface area contributed by atoms with Crippen molar-refractivity contribution in [3.63, 3.8) is 0 Å². The molecule has 0 bridgehead atoms. The fourth-order valence-electron chi connectivity index (χ4n) is 1.51. The van der Waals surface area contributed by atoms with Crippen LogP contribution in [0.3, 0.4) is 0 Å². The van der Waals surface area contributed by atoms with E-state index < -0.39 is 0 Å². The lowest BCUT2D eigenvalue weighted by Crippen LogP contribution is -2.04. The van der Waals surface area contributed by atoms with Crippen molar-refractivity contribution in [3.8, 4) is 0 Å². The Morgan fingerprint density at radius 2 is 2.25 bits per heavy atom. The summed E-state index contributed by atoms with van der Waals surface area (Å²) in [5, 5.41) is 8.10. The SMILES string of the molecule is COCc1noc(Cn2nc(C)cc2C)n1. The second-order valence-corrected chi connectivity index (χ2v) is 3.62. The third-order valence-electron chi connectivity index (χ3n) is 2.17. The van der Waals surface area contributed by atoms with Crippen molar-refractivity contribution < 1.29 is 9.26 Å². The number of nitrogens with zero attached hydrogens (tertiary/aromatic N) is 4. The quantitative estimate of drug-likeness (QED) is 0.774. The van der Waals surface area contributed by atoms with Crippen LogP contribution in [-0.4, -0.2) is 27.0 Å². The van der Waals surface area contributed by atoms with E-state index in [9.17, 15) is 0 Å². The van der Waals surface area contributed by atoms with Crippen LogP contribution in [0.15, 0.2) is 10.6 Å². The molecule has 2 aromatic heterocycles. The van der Waals surface area contributed by atoms with Gasteiger partial charge in [0.05, 0.1) is 5.69 Å². The fraction of sp³-hybridized carbons (Fsp3) is 0.500. The smallest absolute Gasteiger partial charge is 0.248 e. The predicted molar refractivity (Wildman–Crippen MR) is 55.8 cm³/mol. The first-order chi connectivity index (χ1) is 7.69. The summed E-state index contributed by atoms with van der Waals surface area (Å²) in [5.41, 5.74) is 2.05. The van der Waals surface area contributed by atoms with E-state index in [1.54, 1.807) is 7.11 Å². The van der Waals surface area contributed by atoms with E-state index in [-0.39, 0.29) is 0 Å². The molecule has 0 aliphatic carbocycles. The highest BCUT2D eigenvalue weighted by Gasteiger charge is 2.08. The minimum absolute atomic E-state index is 0.362. The summed E-state index contributed by atoms with van der Waals surface area (Å²) < 4.78 is 11.8.